The summed E-state index contributed by atoms with van der Waals surface area (Å²) in [6, 6.07) is 0. The van der Waals surface area contributed by atoms with Crippen molar-refractivity contribution in [3.8, 4) is 0 Å². The zero-order valence-corrected chi connectivity index (χ0v) is 11.0. The number of nitrogens with one attached hydrogen (secondary N) is 2. The molecule has 1 unspecified atom stereocenters. The molecule has 1 rings (SSSR count). The molecule has 0 aliphatic carbocycles. The number of nitrogen functional groups attached to an aromatic ring is 1. The van der Waals surface area contributed by atoms with Crippen LogP contribution in [0.5, 0.6) is 0 Å². The van der Waals surface area contributed by atoms with Crippen LogP contribution in [0.1, 0.15) is 43.9 Å². The van der Waals surface area contributed by atoms with E-state index in [1.165, 1.54) is 0 Å². The summed E-state index contributed by atoms with van der Waals surface area (Å²) in [6.07, 6.45) is 0.745. The molecule has 0 fully saturated rings. The first-order valence-corrected chi connectivity index (χ1v) is 6.08. The number of carbonyl (C=O) groups is 1. The van der Waals surface area contributed by atoms with Crippen molar-refractivity contribution in [1.29, 1.82) is 0 Å². The molecular weight excluding hydrogens is 216 g/mol. The van der Waals surface area contributed by atoms with Gasteiger partial charge in [0.2, 0.25) is 0 Å². The molecule has 5 heteroatoms. The van der Waals surface area contributed by atoms with Gasteiger partial charge in [-0.25, -0.2) is 0 Å². The van der Waals surface area contributed by atoms with Gasteiger partial charge in [0.25, 0.3) is 5.91 Å². The molecule has 1 amide bonds. The van der Waals surface area contributed by atoms with Gasteiger partial charge in [-0.15, -0.1) is 0 Å². The second kappa shape index (κ2) is 5.70. The summed E-state index contributed by atoms with van der Waals surface area (Å²) in [5.74, 6) is 0.772. The number of nitrogens with zero attached hydrogens (tertiary/aromatic N) is 1. The number of carbonyl (C=O) groups excluding carboxylic acids is 1. The standard InChI is InChI=1S/C12H22N4O/c1-5-9-10(13)11(16-15-9)12(17)14-6-8(4)7(2)3/h7-8H,5-6,13H2,1-4H3,(H,14,17)(H,15,16). The molecule has 1 atom stereocenters. The highest BCUT2D eigenvalue weighted by molar-refractivity contribution is 5.97. The lowest BCUT2D eigenvalue weighted by atomic mass is 9.98. The average Bonchev–Trinajstić information content (AvgIpc) is 2.66. The number of aromatic amines is 1. The smallest absolute Gasteiger partial charge is 0.273 e. The predicted molar refractivity (Wildman–Crippen MR) is 68.7 cm³/mol. The number of anilines is 1. The molecule has 0 bridgehead atoms. The first-order valence-electron chi connectivity index (χ1n) is 6.08. The third-order valence-electron chi connectivity index (χ3n) is 3.17. The first kappa shape index (κ1) is 13.5. The van der Waals surface area contributed by atoms with Gasteiger partial charge in [-0.2, -0.15) is 5.10 Å². The second-order valence-corrected chi connectivity index (χ2v) is 4.75. The number of aryl methyl sites for hydroxylation is 1. The molecule has 1 aromatic heterocycles. The van der Waals surface area contributed by atoms with E-state index in [-0.39, 0.29) is 5.91 Å². The third kappa shape index (κ3) is 3.22. The van der Waals surface area contributed by atoms with Crippen molar-refractivity contribution in [2.24, 2.45) is 11.8 Å². The normalized spacial score (nSPS) is 12.8. The monoisotopic (exact) mass is 238 g/mol. The quantitative estimate of drug-likeness (QED) is 0.728. The van der Waals surface area contributed by atoms with E-state index in [1.807, 2.05) is 6.92 Å². The van der Waals surface area contributed by atoms with Crippen LogP contribution in [0.15, 0.2) is 0 Å². The molecule has 96 valence electrons. The van der Waals surface area contributed by atoms with Gasteiger partial charge in [0.15, 0.2) is 5.69 Å². The van der Waals surface area contributed by atoms with Gasteiger partial charge < -0.3 is 11.1 Å². The van der Waals surface area contributed by atoms with Crippen LogP contribution in [0.4, 0.5) is 5.69 Å². The topological polar surface area (TPSA) is 83.8 Å². The predicted octanol–water partition coefficient (Wildman–Crippen LogP) is 1.58. The Bertz CT molecular complexity index is 384. The molecule has 1 aromatic rings. The van der Waals surface area contributed by atoms with E-state index in [9.17, 15) is 4.79 Å². The zero-order valence-electron chi connectivity index (χ0n) is 11.0. The van der Waals surface area contributed by atoms with E-state index in [0.717, 1.165) is 12.1 Å². The number of H-pyrrole nitrogens is 1. The van der Waals surface area contributed by atoms with E-state index < -0.39 is 0 Å². The molecule has 0 saturated heterocycles. The Morgan fingerprint density at radius 1 is 1.47 bits per heavy atom. The lowest BCUT2D eigenvalue weighted by molar-refractivity contribution is 0.0941. The maximum atomic E-state index is 11.8. The minimum atomic E-state index is -0.203. The summed E-state index contributed by atoms with van der Waals surface area (Å²) in [4.78, 5) is 11.8. The molecule has 0 aliphatic rings. The van der Waals surface area contributed by atoms with Gasteiger partial charge >= 0.3 is 0 Å². The van der Waals surface area contributed by atoms with Gasteiger partial charge in [-0.1, -0.05) is 27.7 Å². The Labute approximate surface area is 102 Å². The fourth-order valence-corrected chi connectivity index (χ4v) is 1.40. The lowest BCUT2D eigenvalue weighted by Crippen LogP contribution is -2.30. The van der Waals surface area contributed by atoms with Crippen molar-refractivity contribution in [3.05, 3.63) is 11.4 Å². The molecule has 0 saturated carbocycles. The maximum Gasteiger partial charge on any atom is 0.273 e. The van der Waals surface area contributed by atoms with Crippen LogP contribution in [0.25, 0.3) is 0 Å². The van der Waals surface area contributed by atoms with Crippen molar-refractivity contribution in [2.75, 3.05) is 12.3 Å². The molecule has 17 heavy (non-hydrogen) atoms. The summed E-state index contributed by atoms with van der Waals surface area (Å²) in [5, 5.41) is 9.58. The number of rotatable bonds is 5. The van der Waals surface area contributed by atoms with Crippen LogP contribution in [0.3, 0.4) is 0 Å². The summed E-state index contributed by atoms with van der Waals surface area (Å²) < 4.78 is 0. The van der Waals surface area contributed by atoms with Crippen molar-refractivity contribution in [3.63, 3.8) is 0 Å². The van der Waals surface area contributed by atoms with Crippen LogP contribution in [-0.2, 0) is 6.42 Å². The molecule has 1 heterocycles. The van der Waals surface area contributed by atoms with Crippen molar-refractivity contribution < 1.29 is 4.79 Å². The Balaban J connectivity index is 2.61. The second-order valence-electron chi connectivity index (χ2n) is 4.75. The van der Waals surface area contributed by atoms with Gasteiger partial charge in [0, 0.05) is 6.54 Å². The molecular formula is C12H22N4O. The van der Waals surface area contributed by atoms with Crippen molar-refractivity contribution in [2.45, 2.75) is 34.1 Å². The third-order valence-corrected chi connectivity index (χ3v) is 3.17. The van der Waals surface area contributed by atoms with E-state index in [0.29, 0.717) is 29.8 Å². The number of amides is 1. The summed E-state index contributed by atoms with van der Waals surface area (Å²) in [5.41, 5.74) is 7.40. The van der Waals surface area contributed by atoms with Crippen LogP contribution >= 0.6 is 0 Å². The number of aromatic nitrogens is 2. The Morgan fingerprint density at radius 3 is 2.59 bits per heavy atom. The van der Waals surface area contributed by atoms with E-state index >= 15 is 0 Å². The van der Waals surface area contributed by atoms with Gasteiger partial charge in [-0.3, -0.25) is 9.89 Å². The fourth-order valence-electron chi connectivity index (χ4n) is 1.40. The number of nitrogens with two attached hydrogens (primary N) is 1. The number of hydrogen-bond donors (Lipinski definition) is 3. The van der Waals surface area contributed by atoms with Gasteiger partial charge in [0.1, 0.15) is 0 Å². The number of hydrogen-bond acceptors (Lipinski definition) is 3. The maximum absolute atomic E-state index is 11.8. The highest BCUT2D eigenvalue weighted by atomic mass is 16.1. The molecule has 0 aromatic carbocycles. The minimum absolute atomic E-state index is 0.203. The van der Waals surface area contributed by atoms with Crippen LogP contribution in [0.2, 0.25) is 0 Å². The molecule has 4 N–H and O–H groups in total. The van der Waals surface area contributed by atoms with Crippen LogP contribution < -0.4 is 11.1 Å². The summed E-state index contributed by atoms with van der Waals surface area (Å²) in [7, 11) is 0. The van der Waals surface area contributed by atoms with E-state index in [1.54, 1.807) is 0 Å². The molecule has 0 aliphatic heterocycles. The van der Waals surface area contributed by atoms with Crippen molar-refractivity contribution >= 4 is 11.6 Å². The van der Waals surface area contributed by atoms with Gasteiger partial charge in [0.05, 0.1) is 11.4 Å². The highest BCUT2D eigenvalue weighted by Crippen LogP contribution is 2.14. The Morgan fingerprint density at radius 2 is 2.12 bits per heavy atom. The van der Waals surface area contributed by atoms with Crippen molar-refractivity contribution in [1.82, 2.24) is 15.5 Å². The Hall–Kier alpha value is -1.52. The zero-order chi connectivity index (χ0) is 13.0. The Kier molecular flexibility index (Phi) is 4.54. The largest absolute Gasteiger partial charge is 0.395 e. The van der Waals surface area contributed by atoms with E-state index in [2.05, 4.69) is 36.3 Å². The molecule has 5 nitrogen and oxygen atoms in total. The highest BCUT2D eigenvalue weighted by Gasteiger charge is 2.17. The molecule has 0 spiro atoms. The average molecular weight is 238 g/mol. The lowest BCUT2D eigenvalue weighted by Gasteiger charge is -2.15. The summed E-state index contributed by atoms with van der Waals surface area (Å²) >= 11 is 0. The minimum Gasteiger partial charge on any atom is -0.395 e. The first-order chi connectivity index (χ1) is 7.97. The van der Waals surface area contributed by atoms with Crippen LogP contribution in [-0.4, -0.2) is 22.6 Å². The molecule has 0 radical (unpaired) electrons. The van der Waals surface area contributed by atoms with Crippen LogP contribution in [0, 0.1) is 11.8 Å². The summed E-state index contributed by atoms with van der Waals surface area (Å²) in [6.45, 7) is 8.98. The fraction of sp³-hybridized carbons (Fsp3) is 0.667. The SMILES string of the molecule is CCc1[nH]nc(C(=O)NCC(C)C(C)C)c1N. The van der Waals surface area contributed by atoms with E-state index in [4.69, 9.17) is 5.73 Å². The van der Waals surface area contributed by atoms with Gasteiger partial charge in [-0.05, 0) is 18.3 Å².